The Hall–Kier alpha value is -2.29. The van der Waals surface area contributed by atoms with Gasteiger partial charge in [-0.1, -0.05) is 6.07 Å². The van der Waals surface area contributed by atoms with Crippen LogP contribution in [0, 0.1) is 5.41 Å². The second-order valence-corrected chi connectivity index (χ2v) is 6.53. The van der Waals surface area contributed by atoms with E-state index < -0.39 is 0 Å². The van der Waals surface area contributed by atoms with Crippen molar-refractivity contribution in [3.05, 3.63) is 58.7 Å². The van der Waals surface area contributed by atoms with Gasteiger partial charge < -0.3 is 9.47 Å². The van der Waals surface area contributed by atoms with Crippen LogP contribution < -0.4 is 9.47 Å². The third-order valence-electron chi connectivity index (χ3n) is 5.11. The molecule has 0 aromatic heterocycles. The Morgan fingerprint density at radius 3 is 2.43 bits per heavy atom. The van der Waals surface area contributed by atoms with Gasteiger partial charge in [0.2, 0.25) is 0 Å². The Morgan fingerprint density at radius 2 is 1.65 bits per heavy atom. The van der Waals surface area contributed by atoms with Crippen molar-refractivity contribution in [3.63, 3.8) is 0 Å². The summed E-state index contributed by atoms with van der Waals surface area (Å²) in [6, 6.07) is 12.0. The lowest BCUT2D eigenvalue weighted by Gasteiger charge is -2.20. The summed E-state index contributed by atoms with van der Waals surface area (Å²) in [6.45, 7) is 2.62. The maximum Gasteiger partial charge on any atom is 0.170 e. The molecule has 1 spiro atoms. The minimum atomic E-state index is -0.304. The van der Waals surface area contributed by atoms with Crippen molar-refractivity contribution < 1.29 is 14.3 Å². The Balaban J connectivity index is 1.68. The van der Waals surface area contributed by atoms with E-state index in [4.69, 9.17) is 9.47 Å². The number of hydrogen-bond donors (Lipinski definition) is 0. The summed E-state index contributed by atoms with van der Waals surface area (Å²) >= 11 is 0. The van der Waals surface area contributed by atoms with Gasteiger partial charge in [0.1, 0.15) is 11.5 Å². The highest BCUT2D eigenvalue weighted by Crippen LogP contribution is 2.48. The first-order valence-corrected chi connectivity index (χ1v) is 8.11. The fraction of sp³-hybridized carbons (Fsp3) is 0.350. The molecule has 3 heteroatoms. The average molecular weight is 308 g/mol. The number of carbonyl (C=O) groups excluding carboxylic acids is 1. The van der Waals surface area contributed by atoms with Crippen LogP contribution in [0.4, 0.5) is 0 Å². The van der Waals surface area contributed by atoms with Crippen LogP contribution in [-0.4, -0.2) is 19.5 Å². The minimum absolute atomic E-state index is 0.283. The number of carbonyl (C=O) groups is 1. The van der Waals surface area contributed by atoms with E-state index in [2.05, 4.69) is 12.1 Å². The van der Waals surface area contributed by atoms with Crippen LogP contribution in [0.1, 0.15) is 34.0 Å². The van der Waals surface area contributed by atoms with Crippen molar-refractivity contribution in [1.82, 2.24) is 0 Å². The normalized spacial score (nSPS) is 21.4. The maximum absolute atomic E-state index is 13.0. The van der Waals surface area contributed by atoms with Gasteiger partial charge in [-0.15, -0.1) is 0 Å². The summed E-state index contributed by atoms with van der Waals surface area (Å²) in [5.41, 5.74) is 4.21. The Labute approximate surface area is 136 Å². The van der Waals surface area contributed by atoms with E-state index in [1.807, 2.05) is 31.2 Å². The van der Waals surface area contributed by atoms with Gasteiger partial charge in [-0.25, -0.2) is 0 Å². The van der Waals surface area contributed by atoms with Gasteiger partial charge in [0.15, 0.2) is 5.78 Å². The molecular weight excluding hydrogens is 288 g/mol. The van der Waals surface area contributed by atoms with Gasteiger partial charge >= 0.3 is 0 Å². The van der Waals surface area contributed by atoms with Gasteiger partial charge in [-0.2, -0.15) is 0 Å². The van der Waals surface area contributed by atoms with Gasteiger partial charge in [-0.3, -0.25) is 4.79 Å². The summed E-state index contributed by atoms with van der Waals surface area (Å²) < 4.78 is 10.9. The number of hydrogen-bond acceptors (Lipinski definition) is 3. The van der Waals surface area contributed by atoms with Crippen molar-refractivity contribution in [2.24, 2.45) is 5.41 Å². The van der Waals surface area contributed by atoms with Gasteiger partial charge in [-0.05, 0) is 73.2 Å². The predicted octanol–water partition coefficient (Wildman–Crippen LogP) is 3.62. The number of methoxy groups -OCH3 is 1. The van der Waals surface area contributed by atoms with E-state index in [0.717, 1.165) is 41.9 Å². The summed E-state index contributed by atoms with van der Waals surface area (Å²) in [5, 5.41) is 0. The predicted molar refractivity (Wildman–Crippen MR) is 88.5 cm³/mol. The van der Waals surface area contributed by atoms with Crippen LogP contribution in [0.2, 0.25) is 0 Å². The van der Waals surface area contributed by atoms with Crippen LogP contribution in [-0.2, 0) is 19.3 Å². The highest BCUT2D eigenvalue weighted by molar-refractivity contribution is 6.06. The van der Waals surface area contributed by atoms with E-state index in [-0.39, 0.29) is 11.2 Å². The zero-order chi connectivity index (χ0) is 16.0. The average Bonchev–Trinajstić information content (AvgIpc) is 3.04. The summed E-state index contributed by atoms with van der Waals surface area (Å²) in [4.78, 5) is 13.0. The van der Waals surface area contributed by atoms with Crippen LogP contribution in [0.15, 0.2) is 36.4 Å². The first-order chi connectivity index (χ1) is 11.1. The Kier molecular flexibility index (Phi) is 3.19. The molecule has 1 atom stereocenters. The number of rotatable bonds is 3. The molecule has 2 aromatic rings. The van der Waals surface area contributed by atoms with Crippen LogP contribution >= 0.6 is 0 Å². The van der Waals surface area contributed by atoms with Crippen molar-refractivity contribution in [1.29, 1.82) is 0 Å². The molecular formula is C20H20O3. The smallest absolute Gasteiger partial charge is 0.170 e. The zero-order valence-corrected chi connectivity index (χ0v) is 13.5. The Morgan fingerprint density at radius 1 is 0.957 bits per heavy atom. The topological polar surface area (TPSA) is 35.5 Å². The van der Waals surface area contributed by atoms with Crippen molar-refractivity contribution in [2.75, 3.05) is 13.7 Å². The highest BCUT2D eigenvalue weighted by atomic mass is 16.5. The second kappa shape index (κ2) is 5.12. The molecule has 4 rings (SSSR count). The maximum atomic E-state index is 13.0. The first-order valence-electron chi connectivity index (χ1n) is 8.11. The fourth-order valence-electron chi connectivity index (χ4n) is 4.07. The summed E-state index contributed by atoms with van der Waals surface area (Å²) in [6.07, 6.45) is 2.43. The first kappa shape index (κ1) is 14.3. The summed E-state index contributed by atoms with van der Waals surface area (Å²) in [5.74, 6) is 2.00. The molecule has 3 nitrogen and oxygen atoms in total. The largest absolute Gasteiger partial charge is 0.497 e. The van der Waals surface area contributed by atoms with E-state index in [1.165, 1.54) is 11.1 Å². The molecule has 118 valence electrons. The van der Waals surface area contributed by atoms with Crippen LogP contribution in [0.25, 0.3) is 0 Å². The van der Waals surface area contributed by atoms with Crippen molar-refractivity contribution >= 4 is 5.78 Å². The van der Waals surface area contributed by atoms with Crippen LogP contribution in [0.5, 0.6) is 11.5 Å². The lowest BCUT2D eigenvalue weighted by Crippen LogP contribution is -2.28. The standard InChI is InChI=1S/C20H20O3/c1-3-23-17-6-7-18-15(9-17)12-20(19(18)21)10-13-4-5-16(22-2)8-14(13)11-20/h4-9H,3,10-12H2,1-2H3. The van der Waals surface area contributed by atoms with Gasteiger partial charge in [0.05, 0.1) is 13.7 Å². The second-order valence-electron chi connectivity index (χ2n) is 6.53. The highest BCUT2D eigenvalue weighted by Gasteiger charge is 2.49. The molecule has 2 aliphatic rings. The van der Waals surface area contributed by atoms with E-state index in [1.54, 1.807) is 7.11 Å². The number of fused-ring (bicyclic) bond motifs is 2. The molecule has 0 radical (unpaired) electrons. The number of Topliss-reactive ketones (excluding diaryl/α,β-unsaturated/α-hetero) is 1. The molecule has 0 aliphatic heterocycles. The SMILES string of the molecule is CCOc1ccc2c(c1)CC1(Cc3ccc(OC)cc3C1)C2=O. The van der Waals surface area contributed by atoms with E-state index in [9.17, 15) is 4.79 Å². The van der Waals surface area contributed by atoms with E-state index in [0.29, 0.717) is 6.61 Å². The lowest BCUT2D eigenvalue weighted by atomic mass is 9.81. The van der Waals surface area contributed by atoms with Crippen molar-refractivity contribution in [2.45, 2.75) is 26.2 Å². The third kappa shape index (κ3) is 2.14. The Bertz CT molecular complexity index is 793. The molecule has 23 heavy (non-hydrogen) atoms. The number of benzene rings is 2. The molecule has 1 unspecified atom stereocenters. The number of ether oxygens (including phenoxy) is 2. The molecule has 0 saturated carbocycles. The zero-order valence-electron chi connectivity index (χ0n) is 13.5. The lowest BCUT2D eigenvalue weighted by molar-refractivity contribution is 0.0831. The molecule has 0 fully saturated rings. The molecule has 0 N–H and O–H groups in total. The summed E-state index contributed by atoms with van der Waals surface area (Å²) in [7, 11) is 1.68. The monoisotopic (exact) mass is 308 g/mol. The molecule has 0 saturated heterocycles. The molecule has 2 aliphatic carbocycles. The molecule has 0 amide bonds. The number of ketones is 1. The van der Waals surface area contributed by atoms with Gasteiger partial charge in [0, 0.05) is 11.0 Å². The minimum Gasteiger partial charge on any atom is -0.497 e. The van der Waals surface area contributed by atoms with Crippen molar-refractivity contribution in [3.8, 4) is 11.5 Å². The van der Waals surface area contributed by atoms with Crippen LogP contribution in [0.3, 0.4) is 0 Å². The fourth-order valence-corrected chi connectivity index (χ4v) is 4.07. The van der Waals surface area contributed by atoms with Gasteiger partial charge in [0.25, 0.3) is 0 Å². The molecule has 0 heterocycles. The quantitative estimate of drug-likeness (QED) is 0.869. The third-order valence-corrected chi connectivity index (χ3v) is 5.11. The molecule has 2 aromatic carbocycles. The molecule has 0 bridgehead atoms. The van der Waals surface area contributed by atoms with E-state index >= 15 is 0 Å².